The Balaban J connectivity index is 1.72. The molecule has 1 aliphatic heterocycles. The first-order valence-electron chi connectivity index (χ1n) is 8.73. The fraction of sp³-hybridized carbons (Fsp3) is 0.368. The third-order valence-corrected chi connectivity index (χ3v) is 6.05. The molecule has 138 valence electrons. The van der Waals surface area contributed by atoms with Crippen molar-refractivity contribution in [3.63, 3.8) is 0 Å². The van der Waals surface area contributed by atoms with E-state index in [4.69, 9.17) is 0 Å². The second-order valence-electron chi connectivity index (χ2n) is 6.69. The van der Waals surface area contributed by atoms with Gasteiger partial charge in [0.05, 0.1) is 4.90 Å². The molecule has 1 amide bonds. The van der Waals surface area contributed by atoms with Gasteiger partial charge in [-0.2, -0.15) is 0 Å². The van der Waals surface area contributed by atoms with E-state index >= 15 is 0 Å². The van der Waals surface area contributed by atoms with Gasteiger partial charge >= 0.3 is 0 Å². The van der Waals surface area contributed by atoms with Gasteiger partial charge in [0.2, 0.25) is 10.0 Å². The number of carbonyl (C=O) groups is 1. The van der Waals surface area contributed by atoms with Gasteiger partial charge < -0.3 is 4.90 Å². The van der Waals surface area contributed by atoms with Crippen LogP contribution in [-0.4, -0.2) is 37.3 Å². The van der Waals surface area contributed by atoms with Crippen LogP contribution in [0.2, 0.25) is 0 Å². The van der Waals surface area contributed by atoms with Gasteiger partial charge in [0, 0.05) is 37.6 Å². The van der Waals surface area contributed by atoms with Crippen LogP contribution >= 0.6 is 0 Å². The quantitative estimate of drug-likeness (QED) is 0.873. The zero-order chi connectivity index (χ0) is 18.6. The van der Waals surface area contributed by atoms with Crippen molar-refractivity contribution in [2.75, 3.05) is 13.1 Å². The minimum absolute atomic E-state index is 0.0950. The molecule has 0 unspecified atom stereocenters. The third kappa shape index (κ3) is 4.47. The molecule has 0 atom stereocenters. The number of pyridine rings is 1. The maximum atomic E-state index is 12.7. The summed E-state index contributed by atoms with van der Waals surface area (Å²) in [7, 11) is -3.70. The molecule has 26 heavy (non-hydrogen) atoms. The van der Waals surface area contributed by atoms with E-state index in [1.54, 1.807) is 41.6 Å². The van der Waals surface area contributed by atoms with Crippen LogP contribution in [-0.2, 0) is 16.6 Å². The Bertz CT molecular complexity index is 861. The van der Waals surface area contributed by atoms with E-state index in [1.165, 1.54) is 12.1 Å². The van der Waals surface area contributed by atoms with Gasteiger partial charge in [0.25, 0.3) is 5.91 Å². The van der Waals surface area contributed by atoms with Crippen LogP contribution in [0.3, 0.4) is 0 Å². The Morgan fingerprint density at radius 3 is 2.69 bits per heavy atom. The van der Waals surface area contributed by atoms with Crippen molar-refractivity contribution >= 4 is 15.9 Å². The molecule has 0 bridgehead atoms. The van der Waals surface area contributed by atoms with Crippen molar-refractivity contribution in [2.24, 2.45) is 5.92 Å². The van der Waals surface area contributed by atoms with Crippen LogP contribution in [0.4, 0.5) is 0 Å². The van der Waals surface area contributed by atoms with Crippen molar-refractivity contribution in [1.82, 2.24) is 14.6 Å². The van der Waals surface area contributed by atoms with E-state index in [9.17, 15) is 13.2 Å². The predicted molar refractivity (Wildman–Crippen MR) is 99.0 cm³/mol. The van der Waals surface area contributed by atoms with Crippen LogP contribution in [0.15, 0.2) is 53.7 Å². The normalized spacial score (nSPS) is 15.8. The molecule has 0 aliphatic carbocycles. The van der Waals surface area contributed by atoms with Crippen molar-refractivity contribution in [2.45, 2.75) is 31.2 Å². The summed E-state index contributed by atoms with van der Waals surface area (Å²) in [5.41, 5.74) is 1.18. The Hall–Kier alpha value is -2.25. The number of sulfonamides is 1. The topological polar surface area (TPSA) is 79.4 Å². The van der Waals surface area contributed by atoms with Gasteiger partial charge in [-0.05, 0) is 48.6 Å². The molecule has 1 aliphatic rings. The van der Waals surface area contributed by atoms with Gasteiger partial charge in [-0.3, -0.25) is 9.78 Å². The zero-order valence-corrected chi connectivity index (χ0v) is 15.6. The number of benzene rings is 1. The average Bonchev–Trinajstić information content (AvgIpc) is 2.67. The SMILES string of the molecule is CC1CCN(C(=O)c2cccc(S(=O)(=O)NCc3cccnc3)c2)CC1. The monoisotopic (exact) mass is 373 g/mol. The number of likely N-dealkylation sites (tertiary alicyclic amines) is 1. The molecule has 0 spiro atoms. The lowest BCUT2D eigenvalue weighted by Gasteiger charge is -2.30. The maximum Gasteiger partial charge on any atom is 0.253 e. The highest BCUT2D eigenvalue weighted by Crippen LogP contribution is 2.19. The van der Waals surface area contributed by atoms with Crippen LogP contribution in [0.5, 0.6) is 0 Å². The summed E-state index contributed by atoms with van der Waals surface area (Å²) in [4.78, 5) is 18.5. The van der Waals surface area contributed by atoms with Gasteiger partial charge in [-0.1, -0.05) is 19.1 Å². The highest BCUT2D eigenvalue weighted by Gasteiger charge is 2.23. The van der Waals surface area contributed by atoms with E-state index in [0.29, 0.717) is 11.5 Å². The Kier molecular flexibility index (Phi) is 5.68. The second kappa shape index (κ2) is 7.97. The van der Waals surface area contributed by atoms with Gasteiger partial charge in [-0.25, -0.2) is 13.1 Å². The van der Waals surface area contributed by atoms with Crippen LogP contribution in [0, 0.1) is 5.92 Å². The van der Waals surface area contributed by atoms with Crippen molar-refractivity contribution in [3.8, 4) is 0 Å². The number of carbonyl (C=O) groups excluding carboxylic acids is 1. The van der Waals surface area contributed by atoms with Crippen molar-refractivity contribution in [3.05, 3.63) is 59.9 Å². The van der Waals surface area contributed by atoms with E-state index in [0.717, 1.165) is 31.5 Å². The number of nitrogens with zero attached hydrogens (tertiary/aromatic N) is 2. The molecule has 2 aromatic rings. The summed E-state index contributed by atoms with van der Waals surface area (Å²) >= 11 is 0. The summed E-state index contributed by atoms with van der Waals surface area (Å²) < 4.78 is 27.6. The number of nitrogens with one attached hydrogen (secondary N) is 1. The lowest BCUT2D eigenvalue weighted by Crippen LogP contribution is -2.38. The molecular formula is C19H23N3O3S. The fourth-order valence-electron chi connectivity index (χ4n) is 2.95. The lowest BCUT2D eigenvalue weighted by molar-refractivity contribution is 0.0697. The highest BCUT2D eigenvalue weighted by atomic mass is 32.2. The average molecular weight is 373 g/mol. The van der Waals surface area contributed by atoms with E-state index < -0.39 is 10.0 Å². The molecule has 3 rings (SSSR count). The first-order chi connectivity index (χ1) is 12.5. The minimum Gasteiger partial charge on any atom is -0.339 e. The number of piperidine rings is 1. The molecular weight excluding hydrogens is 350 g/mol. The van der Waals surface area contributed by atoms with Crippen molar-refractivity contribution < 1.29 is 13.2 Å². The van der Waals surface area contributed by atoms with Crippen LogP contribution in [0.25, 0.3) is 0 Å². The Morgan fingerprint density at radius 1 is 1.23 bits per heavy atom. The number of rotatable bonds is 5. The summed E-state index contributed by atoms with van der Waals surface area (Å²) in [6, 6.07) is 9.78. The number of hydrogen-bond acceptors (Lipinski definition) is 4. The van der Waals surface area contributed by atoms with Crippen molar-refractivity contribution in [1.29, 1.82) is 0 Å². The van der Waals surface area contributed by atoms with Crippen LogP contribution < -0.4 is 4.72 Å². The number of aromatic nitrogens is 1. The minimum atomic E-state index is -3.70. The molecule has 6 nitrogen and oxygen atoms in total. The lowest BCUT2D eigenvalue weighted by atomic mass is 9.98. The summed E-state index contributed by atoms with van der Waals surface area (Å²) in [5, 5.41) is 0. The molecule has 2 heterocycles. The summed E-state index contributed by atoms with van der Waals surface area (Å²) in [6.45, 7) is 3.77. The predicted octanol–water partition coefficient (Wildman–Crippen LogP) is 2.43. The first kappa shape index (κ1) is 18.5. The molecule has 7 heteroatoms. The first-order valence-corrected chi connectivity index (χ1v) is 10.2. The van der Waals surface area contributed by atoms with Gasteiger partial charge in [0.1, 0.15) is 0 Å². The fourth-order valence-corrected chi connectivity index (χ4v) is 4.02. The molecule has 1 aromatic heterocycles. The van der Waals surface area contributed by atoms with E-state index in [2.05, 4.69) is 16.6 Å². The highest BCUT2D eigenvalue weighted by molar-refractivity contribution is 7.89. The molecule has 1 saturated heterocycles. The standard InChI is InChI=1S/C19H23N3O3S/c1-15-7-10-22(11-8-15)19(23)17-5-2-6-18(12-17)26(24,25)21-14-16-4-3-9-20-13-16/h2-6,9,12-13,15,21H,7-8,10-11,14H2,1H3. The molecule has 0 radical (unpaired) electrons. The zero-order valence-electron chi connectivity index (χ0n) is 14.8. The van der Waals surface area contributed by atoms with E-state index in [-0.39, 0.29) is 17.3 Å². The molecule has 0 saturated carbocycles. The number of amides is 1. The second-order valence-corrected chi connectivity index (χ2v) is 8.46. The molecule has 1 fully saturated rings. The largest absolute Gasteiger partial charge is 0.339 e. The maximum absolute atomic E-state index is 12.7. The summed E-state index contributed by atoms with van der Waals surface area (Å²) in [5.74, 6) is 0.517. The van der Waals surface area contributed by atoms with Crippen LogP contribution in [0.1, 0.15) is 35.7 Å². The molecule has 1 N–H and O–H groups in total. The smallest absolute Gasteiger partial charge is 0.253 e. The third-order valence-electron chi connectivity index (χ3n) is 4.65. The van der Waals surface area contributed by atoms with E-state index in [1.807, 2.05) is 0 Å². The Morgan fingerprint density at radius 2 is 2.00 bits per heavy atom. The van der Waals surface area contributed by atoms with Gasteiger partial charge in [0.15, 0.2) is 0 Å². The van der Waals surface area contributed by atoms with Gasteiger partial charge in [-0.15, -0.1) is 0 Å². The molecule has 1 aromatic carbocycles. The number of hydrogen-bond donors (Lipinski definition) is 1. The Labute approximate surface area is 154 Å². The summed E-state index contributed by atoms with van der Waals surface area (Å²) in [6.07, 6.45) is 5.21.